The molecule has 0 spiro atoms. The molecule has 0 N–H and O–H groups in total. The van der Waals surface area contributed by atoms with E-state index in [2.05, 4.69) is 21.1 Å². The average molecular weight is 172 g/mol. The van der Waals surface area contributed by atoms with E-state index >= 15 is 0 Å². The van der Waals surface area contributed by atoms with E-state index in [0.717, 1.165) is 0 Å². The Morgan fingerprint density at radius 3 is 1.64 bits per heavy atom. The van der Waals surface area contributed by atoms with E-state index in [1.807, 2.05) is 0 Å². The van der Waals surface area contributed by atoms with Gasteiger partial charge in [0.1, 0.15) is 0 Å². The van der Waals surface area contributed by atoms with Crippen LogP contribution in [-0.4, -0.2) is 25.4 Å². The first-order valence-electron chi connectivity index (χ1n) is 2.53. The minimum absolute atomic E-state index is 1.64. The number of hydrogen-bond acceptors (Lipinski definition) is 4. The SMILES string of the molecule is C=NS(=O)[O-].c1cnccn1. The van der Waals surface area contributed by atoms with Gasteiger partial charge in [0.2, 0.25) is 0 Å². The van der Waals surface area contributed by atoms with Crippen molar-refractivity contribution < 1.29 is 8.76 Å². The Labute approximate surface area is 66.6 Å². The third-order valence-electron chi connectivity index (χ3n) is 0.583. The molecule has 0 aliphatic rings. The molecule has 6 heteroatoms. The van der Waals surface area contributed by atoms with E-state index in [1.54, 1.807) is 24.8 Å². The Hall–Kier alpha value is -1.14. The van der Waals surface area contributed by atoms with Crippen LogP contribution in [0.15, 0.2) is 29.2 Å². The normalized spacial score (nSPS) is 10.6. The van der Waals surface area contributed by atoms with E-state index in [9.17, 15) is 0 Å². The van der Waals surface area contributed by atoms with Crippen LogP contribution < -0.4 is 0 Å². The number of aromatic nitrogens is 2. The van der Waals surface area contributed by atoms with Crippen LogP contribution in [0.3, 0.4) is 0 Å². The van der Waals surface area contributed by atoms with Crippen molar-refractivity contribution in [1.82, 2.24) is 9.97 Å². The third-order valence-corrected chi connectivity index (χ3v) is 0.794. The molecule has 1 aromatic heterocycles. The van der Waals surface area contributed by atoms with E-state index in [4.69, 9.17) is 8.76 Å². The highest BCUT2D eigenvalue weighted by Gasteiger charge is 1.59. The van der Waals surface area contributed by atoms with Crippen molar-refractivity contribution in [3.8, 4) is 0 Å². The van der Waals surface area contributed by atoms with Crippen LogP contribution in [0, 0.1) is 0 Å². The van der Waals surface area contributed by atoms with Gasteiger partial charge in [0.25, 0.3) is 0 Å². The lowest BCUT2D eigenvalue weighted by Crippen LogP contribution is -1.72. The summed E-state index contributed by atoms with van der Waals surface area (Å²) in [6.07, 6.45) is 6.56. The minimum atomic E-state index is -2.31. The zero-order valence-corrected chi connectivity index (χ0v) is 6.40. The van der Waals surface area contributed by atoms with E-state index < -0.39 is 11.3 Å². The van der Waals surface area contributed by atoms with Gasteiger partial charge in [0.05, 0.1) is 11.3 Å². The second-order valence-corrected chi connectivity index (χ2v) is 1.93. The van der Waals surface area contributed by atoms with Gasteiger partial charge < -0.3 is 4.55 Å². The Kier molecular flexibility index (Phi) is 6.25. The average Bonchev–Trinajstić information content (AvgIpc) is 2.09. The minimum Gasteiger partial charge on any atom is -0.754 e. The van der Waals surface area contributed by atoms with Crippen LogP contribution in [-0.2, 0) is 11.3 Å². The molecule has 60 valence electrons. The first kappa shape index (κ1) is 9.86. The molecule has 1 heterocycles. The number of rotatable bonds is 1. The van der Waals surface area contributed by atoms with Crippen LogP contribution in [0.25, 0.3) is 0 Å². The van der Waals surface area contributed by atoms with Gasteiger partial charge in [-0.3, -0.25) is 14.2 Å². The monoisotopic (exact) mass is 172 g/mol. The topological polar surface area (TPSA) is 78.3 Å². The lowest BCUT2D eigenvalue weighted by molar-refractivity contribution is 0.539. The van der Waals surface area contributed by atoms with Crippen LogP contribution in [0.4, 0.5) is 0 Å². The summed E-state index contributed by atoms with van der Waals surface area (Å²) in [4.78, 5) is 7.44. The first-order valence-corrected chi connectivity index (χ1v) is 3.56. The molecule has 0 aliphatic carbocycles. The van der Waals surface area contributed by atoms with Gasteiger partial charge in [-0.15, -0.1) is 0 Å². The third kappa shape index (κ3) is 8.86. The summed E-state index contributed by atoms with van der Waals surface area (Å²) >= 11 is -2.31. The molecular formula is C5H6N3O2S-. The summed E-state index contributed by atoms with van der Waals surface area (Å²) in [7, 11) is 0. The molecule has 1 rings (SSSR count). The largest absolute Gasteiger partial charge is 0.754 e. The van der Waals surface area contributed by atoms with Crippen LogP contribution in [0.2, 0.25) is 0 Å². The summed E-state index contributed by atoms with van der Waals surface area (Å²) in [5.41, 5.74) is 0. The second-order valence-electron chi connectivity index (χ2n) is 1.24. The highest BCUT2D eigenvalue weighted by molar-refractivity contribution is 7.77. The molecule has 0 aromatic carbocycles. The molecule has 0 saturated heterocycles. The predicted molar refractivity (Wildman–Crippen MR) is 40.5 cm³/mol. The predicted octanol–water partition coefficient (Wildman–Crippen LogP) is -0.0423. The molecule has 0 aliphatic heterocycles. The van der Waals surface area contributed by atoms with Crippen molar-refractivity contribution in [3.05, 3.63) is 24.8 Å². The van der Waals surface area contributed by atoms with Crippen LogP contribution >= 0.6 is 0 Å². The highest BCUT2D eigenvalue weighted by atomic mass is 32.2. The Bertz CT molecular complexity index is 190. The van der Waals surface area contributed by atoms with Crippen molar-refractivity contribution in [2.75, 3.05) is 0 Å². The highest BCUT2D eigenvalue weighted by Crippen LogP contribution is 1.65. The maximum absolute atomic E-state index is 9.14. The van der Waals surface area contributed by atoms with Crippen molar-refractivity contribution in [1.29, 1.82) is 0 Å². The molecule has 0 amide bonds. The molecule has 1 unspecified atom stereocenters. The first-order chi connectivity index (χ1) is 5.27. The van der Waals surface area contributed by atoms with Gasteiger partial charge in [-0.2, -0.15) is 0 Å². The van der Waals surface area contributed by atoms with Gasteiger partial charge in [0, 0.05) is 31.5 Å². The van der Waals surface area contributed by atoms with E-state index in [1.165, 1.54) is 0 Å². The molecule has 1 aromatic rings. The smallest absolute Gasteiger partial charge is 0.0670 e. The van der Waals surface area contributed by atoms with Gasteiger partial charge in [0.15, 0.2) is 0 Å². The molecule has 0 bridgehead atoms. The molecule has 5 nitrogen and oxygen atoms in total. The maximum Gasteiger partial charge on any atom is 0.0670 e. The standard InChI is InChI=1S/C4H4N2.CH3NO2S/c1-2-6-4-3-5-1;1-2-5(3)4/h1-4H;1H2,(H,3,4)/p-1. The van der Waals surface area contributed by atoms with Crippen LogP contribution in [0.1, 0.15) is 0 Å². The number of nitrogens with zero attached hydrogens (tertiary/aromatic N) is 3. The Morgan fingerprint density at radius 2 is 1.55 bits per heavy atom. The Balaban J connectivity index is 0.000000187. The van der Waals surface area contributed by atoms with Gasteiger partial charge in [-0.05, 0) is 0 Å². The summed E-state index contributed by atoms with van der Waals surface area (Å²) in [6, 6.07) is 0. The van der Waals surface area contributed by atoms with Crippen molar-refractivity contribution >= 4 is 18.0 Å². The van der Waals surface area contributed by atoms with Gasteiger partial charge in [-0.25, -0.2) is 4.40 Å². The molecule has 0 fully saturated rings. The fourth-order valence-electron chi connectivity index (χ4n) is 0.253. The summed E-state index contributed by atoms with van der Waals surface area (Å²) in [5, 5.41) is 0. The quantitative estimate of drug-likeness (QED) is 0.439. The fraction of sp³-hybridized carbons (Fsp3) is 0. The fourth-order valence-corrected chi connectivity index (χ4v) is 0.253. The summed E-state index contributed by atoms with van der Waals surface area (Å²) in [6.45, 7) is 2.70. The van der Waals surface area contributed by atoms with E-state index in [0.29, 0.717) is 0 Å². The number of hydrogen-bond donors (Lipinski definition) is 0. The van der Waals surface area contributed by atoms with Crippen molar-refractivity contribution in [2.24, 2.45) is 4.40 Å². The molecule has 0 radical (unpaired) electrons. The lowest BCUT2D eigenvalue weighted by Gasteiger charge is -1.86. The Morgan fingerprint density at radius 1 is 1.27 bits per heavy atom. The zero-order valence-electron chi connectivity index (χ0n) is 5.58. The summed E-state index contributed by atoms with van der Waals surface area (Å²) < 4.78 is 20.8. The molecule has 1 atom stereocenters. The molecule has 11 heavy (non-hydrogen) atoms. The van der Waals surface area contributed by atoms with Crippen molar-refractivity contribution in [2.45, 2.75) is 0 Å². The lowest BCUT2D eigenvalue weighted by atomic mass is 10.8. The van der Waals surface area contributed by atoms with E-state index in [-0.39, 0.29) is 0 Å². The van der Waals surface area contributed by atoms with Crippen LogP contribution in [0.5, 0.6) is 0 Å². The maximum atomic E-state index is 9.14. The van der Waals surface area contributed by atoms with Crippen molar-refractivity contribution in [3.63, 3.8) is 0 Å². The van der Waals surface area contributed by atoms with Gasteiger partial charge >= 0.3 is 0 Å². The molecule has 0 saturated carbocycles. The summed E-state index contributed by atoms with van der Waals surface area (Å²) in [5.74, 6) is 0. The second kappa shape index (κ2) is 6.97. The molecular weight excluding hydrogens is 166 g/mol. The van der Waals surface area contributed by atoms with Gasteiger partial charge in [-0.1, -0.05) is 0 Å². The zero-order chi connectivity index (χ0) is 8.53.